The highest BCUT2D eigenvalue weighted by atomic mass is 16.5. The molecule has 5 heteroatoms. The van der Waals surface area contributed by atoms with E-state index in [-0.39, 0.29) is 18.0 Å². The smallest absolute Gasteiger partial charge is 0.243 e. The van der Waals surface area contributed by atoms with Crippen LogP contribution < -0.4 is 5.32 Å². The second-order valence-corrected chi connectivity index (χ2v) is 6.06. The van der Waals surface area contributed by atoms with Crippen molar-refractivity contribution < 1.29 is 9.53 Å². The maximum Gasteiger partial charge on any atom is 0.243 e. The molecule has 124 valence electrons. The van der Waals surface area contributed by atoms with Crippen LogP contribution in [-0.4, -0.2) is 34.7 Å². The summed E-state index contributed by atoms with van der Waals surface area (Å²) in [6, 6.07) is 8.07. The number of nitrogens with one attached hydrogen (secondary N) is 1. The minimum Gasteiger partial charge on any atom is -0.381 e. The van der Waals surface area contributed by atoms with Gasteiger partial charge in [0.1, 0.15) is 11.9 Å². The highest BCUT2D eigenvalue weighted by molar-refractivity contribution is 5.84. The lowest BCUT2D eigenvalue weighted by Crippen LogP contribution is -2.42. The molecule has 1 aromatic heterocycles. The van der Waals surface area contributed by atoms with Gasteiger partial charge in [-0.3, -0.25) is 4.79 Å². The van der Waals surface area contributed by atoms with Crippen molar-refractivity contribution >= 4 is 16.9 Å². The second-order valence-electron chi connectivity index (χ2n) is 6.06. The van der Waals surface area contributed by atoms with Gasteiger partial charge in [0, 0.05) is 25.7 Å². The fraction of sp³-hybridized carbons (Fsp3) is 0.556. The lowest BCUT2D eigenvalue weighted by molar-refractivity contribution is -0.125. The summed E-state index contributed by atoms with van der Waals surface area (Å²) in [6.45, 7) is 5.61. The molecule has 0 aliphatic carbocycles. The van der Waals surface area contributed by atoms with Crippen molar-refractivity contribution in [3.63, 3.8) is 0 Å². The van der Waals surface area contributed by atoms with Crippen LogP contribution in [0.2, 0.25) is 0 Å². The molecule has 1 fully saturated rings. The number of amides is 1. The number of carbonyl (C=O) groups is 1. The number of fused-ring (bicyclic) bond motifs is 1. The van der Waals surface area contributed by atoms with Gasteiger partial charge in [-0.1, -0.05) is 26.0 Å². The molecule has 1 amide bonds. The normalized spacial score (nSPS) is 17.3. The van der Waals surface area contributed by atoms with E-state index in [4.69, 9.17) is 9.72 Å². The van der Waals surface area contributed by atoms with E-state index in [1.54, 1.807) is 0 Å². The minimum atomic E-state index is -0.208. The van der Waals surface area contributed by atoms with Gasteiger partial charge in [0.2, 0.25) is 5.91 Å². The predicted octanol–water partition coefficient (Wildman–Crippen LogP) is 2.85. The van der Waals surface area contributed by atoms with Crippen molar-refractivity contribution in [2.24, 2.45) is 0 Å². The van der Waals surface area contributed by atoms with Crippen LogP contribution in [0.5, 0.6) is 0 Å². The molecule has 1 aliphatic heterocycles. The Kier molecular flexibility index (Phi) is 4.96. The van der Waals surface area contributed by atoms with Crippen molar-refractivity contribution in [3.8, 4) is 0 Å². The standard InChI is InChI=1S/C18H25N3O2/c1-3-15(18(22)19-13-9-11-23-12-10-13)21-16-8-6-5-7-14(16)20-17(21)4-2/h5-8,13,15H,3-4,9-12H2,1-2H3,(H,19,22)/t15-/m1/s1. The molecule has 1 aromatic carbocycles. The van der Waals surface area contributed by atoms with Gasteiger partial charge >= 0.3 is 0 Å². The van der Waals surface area contributed by atoms with Gasteiger partial charge in [0.25, 0.3) is 0 Å². The van der Waals surface area contributed by atoms with Crippen molar-refractivity contribution in [2.75, 3.05) is 13.2 Å². The van der Waals surface area contributed by atoms with Crippen LogP contribution in [0.25, 0.3) is 11.0 Å². The maximum atomic E-state index is 12.9. The third-order valence-corrected chi connectivity index (χ3v) is 4.55. The maximum absolute atomic E-state index is 12.9. The Morgan fingerprint density at radius 1 is 1.35 bits per heavy atom. The summed E-state index contributed by atoms with van der Waals surface area (Å²) in [7, 11) is 0. The molecule has 1 aliphatic rings. The van der Waals surface area contributed by atoms with Crippen LogP contribution in [0.3, 0.4) is 0 Å². The van der Waals surface area contributed by atoms with Gasteiger partial charge in [0.15, 0.2) is 0 Å². The number of aromatic nitrogens is 2. The molecule has 2 aromatic rings. The molecule has 0 saturated carbocycles. The van der Waals surface area contributed by atoms with Crippen LogP contribution >= 0.6 is 0 Å². The van der Waals surface area contributed by atoms with Gasteiger partial charge in [-0.2, -0.15) is 0 Å². The van der Waals surface area contributed by atoms with Crippen molar-refractivity contribution in [1.82, 2.24) is 14.9 Å². The topological polar surface area (TPSA) is 56.2 Å². The molecular weight excluding hydrogens is 290 g/mol. The number of nitrogens with zero attached hydrogens (tertiary/aromatic N) is 2. The molecule has 0 unspecified atom stereocenters. The summed E-state index contributed by atoms with van der Waals surface area (Å²) in [6.07, 6.45) is 3.36. The van der Waals surface area contributed by atoms with E-state index in [0.717, 1.165) is 55.8 Å². The number of ether oxygens (including phenoxy) is 1. The third-order valence-electron chi connectivity index (χ3n) is 4.55. The summed E-state index contributed by atoms with van der Waals surface area (Å²) >= 11 is 0. The highest BCUT2D eigenvalue weighted by Crippen LogP contribution is 2.24. The van der Waals surface area contributed by atoms with Crippen molar-refractivity contribution in [2.45, 2.75) is 51.6 Å². The third kappa shape index (κ3) is 3.24. The molecule has 5 nitrogen and oxygen atoms in total. The minimum absolute atomic E-state index is 0.0947. The van der Waals surface area contributed by atoms with E-state index >= 15 is 0 Å². The van der Waals surface area contributed by atoms with Crippen LogP contribution in [0, 0.1) is 0 Å². The number of hydrogen-bond acceptors (Lipinski definition) is 3. The zero-order chi connectivity index (χ0) is 16.2. The number of benzene rings is 1. The monoisotopic (exact) mass is 315 g/mol. The number of aryl methyl sites for hydroxylation is 1. The van der Waals surface area contributed by atoms with Crippen molar-refractivity contribution in [1.29, 1.82) is 0 Å². The Morgan fingerprint density at radius 2 is 2.09 bits per heavy atom. The lowest BCUT2D eigenvalue weighted by atomic mass is 10.1. The van der Waals surface area contributed by atoms with Gasteiger partial charge in [0.05, 0.1) is 11.0 Å². The molecule has 1 N–H and O–H groups in total. The Labute approximate surface area is 137 Å². The summed E-state index contributed by atoms with van der Waals surface area (Å²) in [5, 5.41) is 3.21. The molecular formula is C18H25N3O2. The Balaban J connectivity index is 1.89. The van der Waals surface area contributed by atoms with E-state index in [1.807, 2.05) is 24.3 Å². The number of hydrogen-bond donors (Lipinski definition) is 1. The zero-order valence-corrected chi connectivity index (χ0v) is 13.9. The number of carbonyl (C=O) groups excluding carboxylic acids is 1. The van der Waals surface area contributed by atoms with Crippen molar-refractivity contribution in [3.05, 3.63) is 30.1 Å². The quantitative estimate of drug-likeness (QED) is 0.923. The summed E-state index contributed by atoms with van der Waals surface area (Å²) in [4.78, 5) is 17.5. The molecule has 23 heavy (non-hydrogen) atoms. The van der Waals surface area contributed by atoms with E-state index in [2.05, 4.69) is 23.7 Å². The summed E-state index contributed by atoms with van der Waals surface area (Å²) < 4.78 is 7.48. The zero-order valence-electron chi connectivity index (χ0n) is 13.9. The fourth-order valence-corrected chi connectivity index (χ4v) is 3.32. The first kappa shape index (κ1) is 16.0. The van der Waals surface area contributed by atoms with Crippen LogP contribution in [0.4, 0.5) is 0 Å². The van der Waals surface area contributed by atoms with E-state index < -0.39 is 0 Å². The van der Waals surface area contributed by atoms with Crippen LogP contribution in [0.1, 0.15) is 45.0 Å². The van der Waals surface area contributed by atoms with E-state index in [1.165, 1.54) is 0 Å². The largest absolute Gasteiger partial charge is 0.381 e. The molecule has 0 spiro atoms. The van der Waals surface area contributed by atoms with Gasteiger partial charge in [-0.25, -0.2) is 4.98 Å². The van der Waals surface area contributed by atoms with Crippen LogP contribution in [-0.2, 0) is 16.0 Å². The number of imidazole rings is 1. The Hall–Kier alpha value is -1.88. The lowest BCUT2D eigenvalue weighted by Gasteiger charge is -2.26. The summed E-state index contributed by atoms with van der Waals surface area (Å²) in [5.41, 5.74) is 2.00. The summed E-state index contributed by atoms with van der Waals surface area (Å²) in [5.74, 6) is 1.07. The first-order valence-corrected chi connectivity index (χ1v) is 8.58. The molecule has 0 bridgehead atoms. The van der Waals surface area contributed by atoms with Crippen LogP contribution in [0.15, 0.2) is 24.3 Å². The highest BCUT2D eigenvalue weighted by Gasteiger charge is 2.26. The Morgan fingerprint density at radius 3 is 2.78 bits per heavy atom. The predicted molar refractivity (Wildman–Crippen MR) is 90.4 cm³/mol. The molecule has 1 atom stereocenters. The second kappa shape index (κ2) is 7.13. The van der Waals surface area contributed by atoms with Gasteiger partial charge < -0.3 is 14.6 Å². The molecule has 2 heterocycles. The average Bonchev–Trinajstić information content (AvgIpc) is 2.95. The molecule has 3 rings (SSSR count). The van der Waals surface area contributed by atoms with E-state index in [0.29, 0.717) is 0 Å². The van der Waals surface area contributed by atoms with Gasteiger partial charge in [-0.15, -0.1) is 0 Å². The fourth-order valence-electron chi connectivity index (χ4n) is 3.32. The number of rotatable bonds is 5. The molecule has 1 saturated heterocycles. The number of para-hydroxylation sites is 2. The first-order chi connectivity index (χ1) is 11.2. The van der Waals surface area contributed by atoms with Gasteiger partial charge in [-0.05, 0) is 31.4 Å². The first-order valence-electron chi connectivity index (χ1n) is 8.58. The van der Waals surface area contributed by atoms with E-state index in [9.17, 15) is 4.79 Å². The SMILES string of the molecule is CCc1nc2ccccc2n1[C@H](CC)C(=O)NC1CCOCC1. The Bertz CT molecular complexity index is 674. The molecule has 0 radical (unpaired) electrons. The average molecular weight is 315 g/mol.